The molecule has 0 saturated carbocycles. The summed E-state index contributed by atoms with van der Waals surface area (Å²) in [7, 11) is 0. The van der Waals surface area contributed by atoms with Gasteiger partial charge in [-0.1, -0.05) is 5.21 Å². The van der Waals surface area contributed by atoms with Crippen molar-refractivity contribution in [3.8, 4) is 0 Å². The molecule has 24 heavy (non-hydrogen) atoms. The number of tetrazole rings is 1. The van der Waals surface area contributed by atoms with Crippen LogP contribution in [0.25, 0.3) is 11.0 Å². The predicted octanol–water partition coefficient (Wildman–Crippen LogP) is 1.23. The largest absolute Gasteiger partial charge is 0.464 e. The molecule has 0 bridgehead atoms. The fraction of sp³-hybridized carbons (Fsp3) is 0.333. The Hall–Kier alpha value is -2.81. The Kier molecular flexibility index (Phi) is 3.69. The molecule has 1 N–H and O–H groups in total. The van der Waals surface area contributed by atoms with E-state index < -0.39 is 6.10 Å². The Bertz CT molecular complexity index is 863. The average molecular weight is 331 g/mol. The molecule has 1 aliphatic rings. The number of ether oxygens (including phenoxy) is 1. The molecule has 1 aromatic carbocycles. The van der Waals surface area contributed by atoms with Gasteiger partial charge in [-0.3, -0.25) is 4.79 Å². The summed E-state index contributed by atoms with van der Waals surface area (Å²) in [5.74, 6) is 0.00131. The SMILES string of the molecule is O=C(Cc1coc2cc(F)ccc12)N1CCOC(c2nn[nH]n2)C1. The van der Waals surface area contributed by atoms with Crippen molar-refractivity contribution < 1.29 is 18.3 Å². The highest BCUT2D eigenvalue weighted by Crippen LogP contribution is 2.24. The Morgan fingerprint density at radius 1 is 1.46 bits per heavy atom. The third-order valence-electron chi connectivity index (χ3n) is 4.03. The van der Waals surface area contributed by atoms with Gasteiger partial charge in [0, 0.05) is 23.6 Å². The number of carbonyl (C=O) groups excluding carboxylic acids is 1. The van der Waals surface area contributed by atoms with Crippen molar-refractivity contribution in [2.75, 3.05) is 19.7 Å². The van der Waals surface area contributed by atoms with Crippen LogP contribution < -0.4 is 0 Å². The molecule has 4 rings (SSSR count). The molecule has 0 spiro atoms. The number of carbonyl (C=O) groups is 1. The second-order valence-electron chi connectivity index (χ2n) is 5.55. The van der Waals surface area contributed by atoms with Gasteiger partial charge in [-0.15, -0.1) is 10.2 Å². The Morgan fingerprint density at radius 2 is 2.38 bits per heavy atom. The first kappa shape index (κ1) is 14.8. The van der Waals surface area contributed by atoms with Crippen molar-refractivity contribution in [3.63, 3.8) is 0 Å². The second-order valence-corrected chi connectivity index (χ2v) is 5.55. The number of morpholine rings is 1. The molecule has 8 nitrogen and oxygen atoms in total. The topological polar surface area (TPSA) is 97.1 Å². The first-order chi connectivity index (χ1) is 11.7. The molecule has 9 heteroatoms. The molecule has 1 amide bonds. The summed E-state index contributed by atoms with van der Waals surface area (Å²) < 4.78 is 24.1. The molecule has 1 aliphatic heterocycles. The van der Waals surface area contributed by atoms with Gasteiger partial charge in [0.2, 0.25) is 11.7 Å². The van der Waals surface area contributed by atoms with Gasteiger partial charge < -0.3 is 14.1 Å². The van der Waals surface area contributed by atoms with Gasteiger partial charge in [0.15, 0.2) is 0 Å². The van der Waals surface area contributed by atoms with Crippen LogP contribution in [-0.2, 0) is 16.0 Å². The lowest BCUT2D eigenvalue weighted by molar-refractivity contribution is -0.138. The average Bonchev–Trinajstić information content (AvgIpc) is 3.25. The molecule has 3 heterocycles. The van der Waals surface area contributed by atoms with Crippen LogP contribution in [0.4, 0.5) is 4.39 Å². The first-order valence-electron chi connectivity index (χ1n) is 7.49. The van der Waals surface area contributed by atoms with Crippen molar-refractivity contribution in [2.24, 2.45) is 0 Å². The number of aromatic nitrogens is 4. The van der Waals surface area contributed by atoms with Crippen molar-refractivity contribution >= 4 is 16.9 Å². The summed E-state index contributed by atoms with van der Waals surface area (Å²) in [5.41, 5.74) is 1.17. The standard InChI is InChI=1S/C15H14FN5O3/c16-10-1-2-11-9(8-24-12(11)6-10)5-14(22)21-3-4-23-13(7-21)15-17-19-20-18-15/h1-2,6,8,13H,3-5,7H2,(H,17,18,19,20). The van der Waals surface area contributed by atoms with Crippen molar-refractivity contribution in [1.29, 1.82) is 0 Å². The number of aromatic amines is 1. The number of hydrogen-bond acceptors (Lipinski definition) is 6. The second kappa shape index (κ2) is 6.00. The van der Waals surface area contributed by atoms with Crippen LogP contribution in [-0.4, -0.2) is 51.1 Å². The van der Waals surface area contributed by atoms with Crippen LogP contribution in [0.2, 0.25) is 0 Å². The molecule has 1 atom stereocenters. The minimum atomic E-state index is -0.392. The van der Waals surface area contributed by atoms with Crippen molar-refractivity contribution in [3.05, 3.63) is 41.7 Å². The van der Waals surface area contributed by atoms with Crippen LogP contribution in [0, 0.1) is 5.82 Å². The van der Waals surface area contributed by atoms with E-state index in [-0.39, 0.29) is 18.1 Å². The quantitative estimate of drug-likeness (QED) is 0.775. The van der Waals surface area contributed by atoms with Crippen LogP contribution in [0.3, 0.4) is 0 Å². The first-order valence-corrected chi connectivity index (χ1v) is 7.49. The molecule has 1 saturated heterocycles. The summed E-state index contributed by atoms with van der Waals surface area (Å²) in [6.07, 6.45) is 1.29. The van der Waals surface area contributed by atoms with Gasteiger partial charge in [0.25, 0.3) is 0 Å². The highest BCUT2D eigenvalue weighted by atomic mass is 19.1. The van der Waals surface area contributed by atoms with E-state index in [1.54, 1.807) is 11.0 Å². The van der Waals surface area contributed by atoms with Crippen LogP contribution in [0.5, 0.6) is 0 Å². The zero-order valence-corrected chi connectivity index (χ0v) is 12.6. The molecule has 124 valence electrons. The number of benzene rings is 1. The maximum atomic E-state index is 13.2. The van der Waals surface area contributed by atoms with E-state index in [0.29, 0.717) is 31.1 Å². The summed E-state index contributed by atoms with van der Waals surface area (Å²) in [6.45, 7) is 1.27. The van der Waals surface area contributed by atoms with E-state index in [1.165, 1.54) is 18.4 Å². The maximum absolute atomic E-state index is 13.2. The van der Waals surface area contributed by atoms with E-state index in [4.69, 9.17) is 9.15 Å². The van der Waals surface area contributed by atoms with Gasteiger partial charge in [-0.25, -0.2) is 4.39 Å². The van der Waals surface area contributed by atoms with E-state index >= 15 is 0 Å². The Balaban J connectivity index is 1.49. The van der Waals surface area contributed by atoms with Gasteiger partial charge in [0.05, 0.1) is 25.8 Å². The molecule has 0 aliphatic carbocycles. The van der Waals surface area contributed by atoms with Gasteiger partial charge in [-0.2, -0.15) is 5.21 Å². The van der Waals surface area contributed by atoms with Crippen LogP contribution >= 0.6 is 0 Å². The lowest BCUT2D eigenvalue weighted by Crippen LogP contribution is -2.43. The van der Waals surface area contributed by atoms with Gasteiger partial charge in [-0.05, 0) is 12.1 Å². The van der Waals surface area contributed by atoms with E-state index in [9.17, 15) is 9.18 Å². The summed E-state index contributed by atoms with van der Waals surface area (Å²) in [4.78, 5) is 14.3. The summed E-state index contributed by atoms with van der Waals surface area (Å²) in [5, 5.41) is 14.4. The van der Waals surface area contributed by atoms with Crippen molar-refractivity contribution in [2.45, 2.75) is 12.5 Å². The lowest BCUT2D eigenvalue weighted by atomic mass is 10.1. The van der Waals surface area contributed by atoms with E-state index in [0.717, 1.165) is 10.9 Å². The number of amides is 1. The Labute approximate surface area is 135 Å². The number of halogens is 1. The predicted molar refractivity (Wildman–Crippen MR) is 79.3 cm³/mol. The molecule has 3 aromatic rings. The molecule has 1 unspecified atom stereocenters. The normalized spacial score (nSPS) is 18.2. The minimum absolute atomic E-state index is 0.0566. The minimum Gasteiger partial charge on any atom is -0.464 e. The maximum Gasteiger partial charge on any atom is 0.227 e. The lowest BCUT2D eigenvalue weighted by Gasteiger charge is -2.31. The number of fused-ring (bicyclic) bond motifs is 1. The smallest absolute Gasteiger partial charge is 0.227 e. The van der Waals surface area contributed by atoms with Gasteiger partial charge >= 0.3 is 0 Å². The molecule has 1 fully saturated rings. The molecule has 2 aromatic heterocycles. The van der Waals surface area contributed by atoms with E-state index in [1.807, 2.05) is 0 Å². The van der Waals surface area contributed by atoms with Crippen LogP contribution in [0.1, 0.15) is 17.5 Å². The fourth-order valence-corrected chi connectivity index (χ4v) is 2.81. The highest BCUT2D eigenvalue weighted by molar-refractivity contribution is 5.87. The monoisotopic (exact) mass is 331 g/mol. The number of rotatable bonds is 3. The molecule has 0 radical (unpaired) electrons. The number of furan rings is 1. The zero-order valence-electron chi connectivity index (χ0n) is 12.6. The van der Waals surface area contributed by atoms with Crippen LogP contribution in [0.15, 0.2) is 28.9 Å². The van der Waals surface area contributed by atoms with E-state index in [2.05, 4.69) is 20.6 Å². The number of nitrogens with zero attached hydrogens (tertiary/aromatic N) is 4. The number of nitrogens with one attached hydrogen (secondary N) is 1. The molecular formula is C15H14FN5O3. The van der Waals surface area contributed by atoms with Crippen molar-refractivity contribution in [1.82, 2.24) is 25.5 Å². The fourth-order valence-electron chi connectivity index (χ4n) is 2.81. The zero-order chi connectivity index (χ0) is 16.5. The third kappa shape index (κ3) is 2.73. The highest BCUT2D eigenvalue weighted by Gasteiger charge is 2.28. The molecular weight excluding hydrogens is 317 g/mol. The third-order valence-corrected chi connectivity index (χ3v) is 4.03. The number of H-pyrrole nitrogens is 1. The number of hydrogen-bond donors (Lipinski definition) is 1. The van der Waals surface area contributed by atoms with Gasteiger partial charge in [0.1, 0.15) is 17.5 Å². The summed E-state index contributed by atoms with van der Waals surface area (Å²) in [6, 6.07) is 4.29. The summed E-state index contributed by atoms with van der Waals surface area (Å²) >= 11 is 0. The Morgan fingerprint density at radius 3 is 3.21 bits per heavy atom.